The van der Waals surface area contributed by atoms with Gasteiger partial charge in [-0.1, -0.05) is 12.8 Å². The Hall–Kier alpha value is -3.79. The van der Waals surface area contributed by atoms with Gasteiger partial charge in [0.1, 0.15) is 5.69 Å². The number of halogens is 2. The van der Waals surface area contributed by atoms with Crippen molar-refractivity contribution in [1.82, 2.24) is 19.3 Å². The molecular weight excluding hydrogens is 530 g/mol. The summed E-state index contributed by atoms with van der Waals surface area (Å²) in [4.78, 5) is 44.3. The van der Waals surface area contributed by atoms with E-state index in [1.807, 2.05) is 4.90 Å². The van der Waals surface area contributed by atoms with E-state index in [4.69, 9.17) is 0 Å². The predicted octanol–water partition coefficient (Wildman–Crippen LogP) is 4.90. The van der Waals surface area contributed by atoms with Crippen molar-refractivity contribution >= 4 is 28.7 Å². The highest BCUT2D eigenvalue weighted by atomic mass is 19.3. The number of carbonyl (C=O) groups excluding carboxylic acids is 2. The first-order valence-corrected chi connectivity index (χ1v) is 14.4. The molecule has 0 bridgehead atoms. The van der Waals surface area contributed by atoms with Crippen molar-refractivity contribution in [3.63, 3.8) is 0 Å². The Kier molecular flexibility index (Phi) is 7.27. The van der Waals surface area contributed by atoms with Gasteiger partial charge in [0.15, 0.2) is 0 Å². The second-order valence-electron chi connectivity index (χ2n) is 11.4. The molecule has 3 aliphatic rings. The number of hydrogen-bond donors (Lipinski definition) is 1. The van der Waals surface area contributed by atoms with Crippen LogP contribution >= 0.6 is 0 Å². The fourth-order valence-corrected chi connectivity index (χ4v) is 6.48. The van der Waals surface area contributed by atoms with Crippen molar-refractivity contribution in [2.24, 2.45) is 0 Å². The number of aromatic carboxylic acids is 1. The third kappa shape index (κ3) is 5.45. The first-order chi connectivity index (χ1) is 19.7. The number of benzene rings is 2. The van der Waals surface area contributed by atoms with Crippen LogP contribution in [-0.4, -0.2) is 93.4 Å². The molecule has 3 heterocycles. The Balaban J connectivity index is 1.30. The van der Waals surface area contributed by atoms with Gasteiger partial charge in [0.2, 0.25) is 0 Å². The van der Waals surface area contributed by atoms with E-state index in [0.29, 0.717) is 41.3 Å². The highest BCUT2D eigenvalue weighted by Crippen LogP contribution is 2.32. The summed E-state index contributed by atoms with van der Waals surface area (Å²) in [7, 11) is 0. The van der Waals surface area contributed by atoms with Crippen LogP contribution in [0.15, 0.2) is 48.5 Å². The van der Waals surface area contributed by atoms with Crippen molar-refractivity contribution in [1.29, 1.82) is 0 Å². The highest BCUT2D eigenvalue weighted by Gasteiger charge is 2.37. The molecule has 0 radical (unpaired) electrons. The van der Waals surface area contributed by atoms with Gasteiger partial charge in [0.25, 0.3) is 17.7 Å². The van der Waals surface area contributed by atoms with Crippen molar-refractivity contribution in [2.45, 2.75) is 50.5 Å². The summed E-state index contributed by atoms with van der Waals surface area (Å²) >= 11 is 0. The number of likely N-dealkylation sites (tertiary alicyclic amines) is 1. The summed E-state index contributed by atoms with van der Waals surface area (Å²) < 4.78 is 29.3. The summed E-state index contributed by atoms with van der Waals surface area (Å²) in [5.41, 5.74) is 2.15. The number of nitrogens with zero attached hydrogens (tertiary/aromatic N) is 4. The zero-order valence-corrected chi connectivity index (χ0v) is 22.9. The van der Waals surface area contributed by atoms with Gasteiger partial charge < -0.3 is 19.5 Å². The molecule has 3 fully saturated rings. The van der Waals surface area contributed by atoms with Crippen molar-refractivity contribution in [2.75, 3.05) is 39.3 Å². The molecule has 41 heavy (non-hydrogen) atoms. The van der Waals surface area contributed by atoms with E-state index in [1.54, 1.807) is 41.0 Å². The van der Waals surface area contributed by atoms with E-state index in [1.165, 1.54) is 42.7 Å². The summed E-state index contributed by atoms with van der Waals surface area (Å²) in [6.45, 7) is 2.98. The van der Waals surface area contributed by atoms with Crippen LogP contribution in [0.2, 0.25) is 0 Å². The molecule has 1 aliphatic carbocycles. The van der Waals surface area contributed by atoms with Crippen LogP contribution in [0.3, 0.4) is 0 Å². The number of alkyl halides is 2. The first-order valence-electron chi connectivity index (χ1n) is 14.4. The van der Waals surface area contributed by atoms with Gasteiger partial charge in [0, 0.05) is 74.8 Å². The Morgan fingerprint density at radius 3 is 2.00 bits per heavy atom. The van der Waals surface area contributed by atoms with E-state index in [-0.39, 0.29) is 49.0 Å². The predicted molar refractivity (Wildman–Crippen MR) is 150 cm³/mol. The number of piperazine rings is 1. The van der Waals surface area contributed by atoms with Crippen LogP contribution in [0.4, 0.5) is 8.78 Å². The number of aromatic nitrogens is 1. The molecule has 0 atom stereocenters. The number of carbonyl (C=O) groups is 3. The van der Waals surface area contributed by atoms with E-state index in [9.17, 15) is 28.3 Å². The van der Waals surface area contributed by atoms with Crippen molar-refractivity contribution < 1.29 is 28.3 Å². The molecule has 0 unspecified atom stereocenters. The molecule has 2 aliphatic heterocycles. The van der Waals surface area contributed by atoms with Gasteiger partial charge in [-0.05, 0) is 61.4 Å². The lowest BCUT2D eigenvalue weighted by Gasteiger charge is -2.38. The summed E-state index contributed by atoms with van der Waals surface area (Å²) in [6.07, 6.45) is 4.25. The second-order valence-corrected chi connectivity index (χ2v) is 11.4. The molecule has 216 valence electrons. The first kappa shape index (κ1) is 27.4. The monoisotopic (exact) mass is 564 g/mol. The number of rotatable bonds is 5. The van der Waals surface area contributed by atoms with E-state index >= 15 is 0 Å². The van der Waals surface area contributed by atoms with Gasteiger partial charge in [-0.15, -0.1) is 0 Å². The van der Waals surface area contributed by atoms with Gasteiger partial charge in [-0.25, -0.2) is 13.6 Å². The number of piperidine rings is 1. The molecule has 6 rings (SSSR count). The molecule has 10 heteroatoms. The second kappa shape index (κ2) is 10.9. The molecular formula is C31H34F2N4O4. The average molecular weight is 565 g/mol. The van der Waals surface area contributed by atoms with Gasteiger partial charge in [0.05, 0.1) is 11.1 Å². The van der Waals surface area contributed by atoms with Crippen LogP contribution in [0.5, 0.6) is 0 Å². The lowest BCUT2D eigenvalue weighted by Crippen LogP contribution is -2.51. The minimum absolute atomic E-state index is 0.0531. The lowest BCUT2D eigenvalue weighted by atomic mass is 10.1. The molecule has 1 aromatic heterocycles. The normalized spacial score (nSPS) is 20.0. The maximum absolute atomic E-state index is 13.8. The van der Waals surface area contributed by atoms with Crippen LogP contribution in [-0.2, 0) is 0 Å². The summed E-state index contributed by atoms with van der Waals surface area (Å²) in [6, 6.07) is 13.8. The molecule has 3 aromatic rings. The molecule has 2 saturated heterocycles. The van der Waals surface area contributed by atoms with E-state index < -0.39 is 11.9 Å². The highest BCUT2D eigenvalue weighted by molar-refractivity contribution is 6.03. The number of carboxylic acids is 1. The van der Waals surface area contributed by atoms with Crippen LogP contribution in [0.1, 0.15) is 69.7 Å². The fraction of sp³-hybridized carbons (Fsp3) is 0.452. The SMILES string of the molecule is O=C(O)c1ccc(-n2c(C(=O)N3CCC(F)(F)CC3)cc3cc(C(=O)N4CCN(C5CCCC5)CC4)ccc32)cc1. The smallest absolute Gasteiger partial charge is 0.335 e. The quantitative estimate of drug-likeness (QED) is 0.477. The molecule has 0 spiro atoms. The topological polar surface area (TPSA) is 86.1 Å². The third-order valence-electron chi connectivity index (χ3n) is 8.86. The van der Waals surface area contributed by atoms with Crippen LogP contribution in [0.25, 0.3) is 16.6 Å². The van der Waals surface area contributed by atoms with Gasteiger partial charge in [-0.2, -0.15) is 0 Å². The average Bonchev–Trinajstić information content (AvgIpc) is 3.65. The minimum atomic E-state index is -2.78. The molecule has 1 N–H and O–H groups in total. The zero-order valence-electron chi connectivity index (χ0n) is 22.9. The van der Waals surface area contributed by atoms with Gasteiger partial charge in [-0.3, -0.25) is 14.5 Å². The number of carboxylic acid groups (broad SMARTS) is 1. The maximum atomic E-state index is 13.8. The summed E-state index contributed by atoms with van der Waals surface area (Å²) in [5, 5.41) is 10.0. The van der Waals surface area contributed by atoms with Crippen molar-refractivity contribution in [3.8, 4) is 5.69 Å². The molecule has 2 aromatic carbocycles. The largest absolute Gasteiger partial charge is 0.478 e. The number of amides is 2. The number of hydrogen-bond acceptors (Lipinski definition) is 4. The number of fused-ring (bicyclic) bond motifs is 1. The Bertz CT molecular complexity index is 1460. The fourth-order valence-electron chi connectivity index (χ4n) is 6.48. The van der Waals surface area contributed by atoms with E-state index in [0.717, 1.165) is 13.1 Å². The Morgan fingerprint density at radius 1 is 0.756 bits per heavy atom. The Morgan fingerprint density at radius 2 is 1.37 bits per heavy atom. The van der Waals surface area contributed by atoms with E-state index in [2.05, 4.69) is 4.90 Å². The van der Waals surface area contributed by atoms with Crippen LogP contribution < -0.4 is 0 Å². The molecule has 8 nitrogen and oxygen atoms in total. The standard InChI is InChI=1S/C31H34F2N4O4/c32-31(33)11-13-35(14-12-31)29(39)27-20-23-19-22(28(38)36-17-15-34(16-18-36)24-3-1-2-4-24)7-10-26(23)37(27)25-8-5-21(6-9-25)30(40)41/h5-10,19-20,24H,1-4,11-18H2,(H,40,41). The minimum Gasteiger partial charge on any atom is -0.478 e. The maximum Gasteiger partial charge on any atom is 0.335 e. The third-order valence-corrected chi connectivity index (χ3v) is 8.86. The van der Waals surface area contributed by atoms with Gasteiger partial charge >= 0.3 is 5.97 Å². The Labute approximate surface area is 237 Å². The lowest BCUT2D eigenvalue weighted by molar-refractivity contribution is -0.0495. The molecule has 1 saturated carbocycles. The summed E-state index contributed by atoms with van der Waals surface area (Å²) in [5.74, 6) is -4.28. The zero-order chi connectivity index (χ0) is 28.7. The van der Waals surface area contributed by atoms with Crippen LogP contribution in [0, 0.1) is 0 Å². The van der Waals surface area contributed by atoms with Crippen molar-refractivity contribution in [3.05, 3.63) is 65.4 Å². The molecule has 2 amide bonds.